The molecule has 1 aromatic carbocycles. The Bertz CT molecular complexity index is 4110. The molecule has 23 heteroatoms. The minimum atomic E-state index is -0.423. The second kappa shape index (κ2) is 25.4. The van der Waals surface area contributed by atoms with Gasteiger partial charge >= 0.3 is 0 Å². The van der Waals surface area contributed by atoms with Crippen molar-refractivity contribution in [3.63, 3.8) is 0 Å². The molecule has 0 N–H and O–H groups in total. The number of nitrogens with zero attached hydrogens (tertiary/aromatic N) is 19. The highest BCUT2D eigenvalue weighted by molar-refractivity contribution is 6.00. The van der Waals surface area contributed by atoms with Crippen molar-refractivity contribution in [3.05, 3.63) is 190 Å². The van der Waals surface area contributed by atoms with Crippen molar-refractivity contribution in [3.8, 4) is 22.8 Å². The summed E-state index contributed by atoms with van der Waals surface area (Å²) in [7, 11) is 0. The van der Waals surface area contributed by atoms with Crippen molar-refractivity contribution in [2.45, 2.75) is 169 Å². The smallest absolute Gasteiger partial charge is 0.275 e. The van der Waals surface area contributed by atoms with Gasteiger partial charge < -0.3 is 14.7 Å². The van der Waals surface area contributed by atoms with Crippen molar-refractivity contribution in [1.29, 1.82) is 0 Å². The zero-order valence-corrected chi connectivity index (χ0v) is 52.6. The quantitative estimate of drug-likeness (QED) is 0.110. The summed E-state index contributed by atoms with van der Waals surface area (Å²) >= 11 is 0. The molecule has 6 fully saturated rings. The number of pyridine rings is 2. The van der Waals surface area contributed by atoms with Crippen molar-refractivity contribution >= 4 is 17.7 Å². The van der Waals surface area contributed by atoms with E-state index in [-0.39, 0.29) is 54.0 Å². The van der Waals surface area contributed by atoms with Crippen LogP contribution in [0.25, 0.3) is 22.8 Å². The first-order valence-electron chi connectivity index (χ1n) is 31.7. The molecule has 8 aromatic heterocycles. The monoisotopic (exact) mass is 1220 g/mol. The van der Waals surface area contributed by atoms with Crippen LogP contribution in [0.2, 0.25) is 0 Å². The van der Waals surface area contributed by atoms with Crippen molar-refractivity contribution < 1.29 is 18.8 Å². The highest BCUT2D eigenvalue weighted by atomic mass is 19.1. The number of benzene rings is 1. The fourth-order valence-corrected chi connectivity index (χ4v) is 15.4. The second-order valence-corrected chi connectivity index (χ2v) is 25.4. The maximum Gasteiger partial charge on any atom is 0.275 e. The molecule has 15 rings (SSSR count). The van der Waals surface area contributed by atoms with Gasteiger partial charge in [0.1, 0.15) is 40.4 Å². The molecule has 22 nitrogen and oxygen atoms in total. The molecular weight excluding hydrogens is 1150 g/mol. The predicted molar refractivity (Wildman–Crippen MR) is 334 cm³/mol. The van der Waals surface area contributed by atoms with Crippen LogP contribution in [0.4, 0.5) is 4.39 Å². The van der Waals surface area contributed by atoms with Gasteiger partial charge in [-0.25, -0.2) is 54.2 Å². The Balaban J connectivity index is 0.000000125. The molecule has 14 heterocycles. The van der Waals surface area contributed by atoms with Crippen LogP contribution < -0.4 is 0 Å². The van der Waals surface area contributed by atoms with Crippen molar-refractivity contribution in [1.82, 2.24) is 94.5 Å². The van der Waals surface area contributed by atoms with Gasteiger partial charge in [-0.1, -0.05) is 0 Å². The number of amides is 3. The van der Waals surface area contributed by atoms with Crippen LogP contribution in [-0.2, 0) is 19.3 Å². The van der Waals surface area contributed by atoms with Gasteiger partial charge in [0.25, 0.3) is 17.7 Å². The van der Waals surface area contributed by atoms with Gasteiger partial charge in [-0.2, -0.15) is 25.2 Å². The average molecular weight is 1220 g/mol. The molecule has 0 radical (unpaired) electrons. The van der Waals surface area contributed by atoms with E-state index in [0.717, 1.165) is 140 Å². The molecule has 6 saturated heterocycles. The highest BCUT2D eigenvalue weighted by Crippen LogP contribution is 2.47. The van der Waals surface area contributed by atoms with Crippen molar-refractivity contribution in [2.75, 3.05) is 0 Å². The fourth-order valence-electron chi connectivity index (χ4n) is 15.4. The summed E-state index contributed by atoms with van der Waals surface area (Å²) in [5, 5.41) is 16.6. The number of aromatic nitrogens is 16. The van der Waals surface area contributed by atoms with Crippen molar-refractivity contribution in [2.24, 2.45) is 17.8 Å². The first kappa shape index (κ1) is 60.4. The predicted octanol–water partition coefficient (Wildman–Crippen LogP) is 9.15. The molecule has 9 aromatic rings. The molecule has 6 aliphatic rings. The van der Waals surface area contributed by atoms with Gasteiger partial charge in [-0.15, -0.1) is 4.80 Å². The van der Waals surface area contributed by atoms with Crippen LogP contribution in [0.15, 0.2) is 104 Å². The molecule has 9 unspecified atom stereocenters. The minimum absolute atomic E-state index is 0.0116. The van der Waals surface area contributed by atoms with E-state index in [1.54, 1.807) is 30.9 Å². The topological polar surface area (TPSA) is 251 Å². The normalized spacial score (nSPS) is 22.5. The number of halogens is 1. The summed E-state index contributed by atoms with van der Waals surface area (Å²) in [6, 6.07) is 20.7. The zero-order chi connectivity index (χ0) is 63.2. The Kier molecular flexibility index (Phi) is 16.8. The van der Waals surface area contributed by atoms with E-state index in [0.29, 0.717) is 57.5 Å². The van der Waals surface area contributed by atoms with Crippen LogP contribution in [0.1, 0.15) is 152 Å². The van der Waals surface area contributed by atoms with Crippen LogP contribution in [0.5, 0.6) is 0 Å². The molecule has 3 amide bonds. The molecular formula is C68H74FN19O3. The summed E-state index contributed by atoms with van der Waals surface area (Å²) in [5.41, 5.74) is 10.5. The highest BCUT2D eigenvalue weighted by Gasteiger charge is 2.52. The zero-order valence-electron chi connectivity index (χ0n) is 52.6. The summed E-state index contributed by atoms with van der Waals surface area (Å²) in [5.74, 6) is 3.69. The van der Waals surface area contributed by atoms with Gasteiger partial charge in [0.05, 0.1) is 35.9 Å². The van der Waals surface area contributed by atoms with Crippen LogP contribution in [-0.4, -0.2) is 148 Å². The van der Waals surface area contributed by atoms with E-state index in [1.807, 2.05) is 103 Å². The SMILES string of the molecule is Cc1cc(C)nc(CC2CC3CCC2N3C(=O)c2ccc(F)cc2-n2nccn2)n1.Cc1cc(C)nc(CC2CC3CCC2N3C(=O)c2nc(C)ccc2-c2ncccn2)n1.Cc1cc(C)nc(CC2CC3CCC2N3C(=O)c2nc(C)ccc2-n2nccn2)n1. The average Bonchev–Trinajstić information content (AvgIpc) is 1.64. The number of fused-ring (bicyclic) bond motifs is 6. The van der Waals surface area contributed by atoms with Gasteiger partial charge in [0.15, 0.2) is 11.5 Å². The lowest BCUT2D eigenvalue weighted by atomic mass is 9.86. The Morgan fingerprint density at radius 1 is 0.418 bits per heavy atom. The van der Waals surface area contributed by atoms with Gasteiger partial charge in [-0.05, 0) is 192 Å². The van der Waals surface area contributed by atoms with E-state index >= 15 is 0 Å². The molecule has 466 valence electrons. The van der Waals surface area contributed by atoms with E-state index < -0.39 is 5.82 Å². The molecule has 0 spiro atoms. The standard InChI is InChI=1S/C24H26N6O.C22H23FN6O.C22H25N7O/c1-14-5-7-19(23-25-9-4-10-26-23)22(29-14)24(31)30-18-6-8-20(30)17(12-18)13-21-27-15(2)11-16(3)28-21;1-13-9-14(2)27-21(26-13)11-15-10-17-4-6-19(15)28(17)22(30)18-5-3-16(23)12-20(18)29-24-7-8-25-29;1-13-4-6-19(29-23-8-9-24-29)21(27-13)22(30)28-17-5-7-18(28)16(11-17)12-20-25-14(2)10-15(3)26-20/h4-5,7,9-11,17-18,20H,6,8,12-13H2,1-3H3;3,5,7-9,12,15,17,19H,4,6,10-11H2,1-2H3;4,6,8-10,16-18H,5,7,11-12H2,1-3H3. The summed E-state index contributed by atoms with van der Waals surface area (Å²) < 4.78 is 13.9. The maximum atomic E-state index is 13.9. The van der Waals surface area contributed by atoms with Crippen LogP contribution in [0, 0.1) is 79.0 Å². The Hall–Kier alpha value is -9.54. The molecule has 9 atom stereocenters. The third kappa shape index (κ3) is 12.6. The van der Waals surface area contributed by atoms with Gasteiger partial charge in [0, 0.05) is 120 Å². The van der Waals surface area contributed by atoms with Crippen LogP contribution in [0.3, 0.4) is 0 Å². The summed E-state index contributed by atoms with van der Waals surface area (Å²) in [4.78, 5) is 95.4. The summed E-state index contributed by atoms with van der Waals surface area (Å²) in [6.07, 6.45) is 21.0. The molecule has 0 saturated carbocycles. The van der Waals surface area contributed by atoms with Gasteiger partial charge in [-0.3, -0.25) is 14.4 Å². The van der Waals surface area contributed by atoms with E-state index in [4.69, 9.17) is 0 Å². The maximum absolute atomic E-state index is 13.9. The molecule has 6 aliphatic heterocycles. The minimum Gasteiger partial charge on any atom is -0.332 e. The lowest BCUT2D eigenvalue weighted by molar-refractivity contribution is 0.0704. The Morgan fingerprint density at radius 2 is 0.813 bits per heavy atom. The number of rotatable bonds is 12. The largest absolute Gasteiger partial charge is 0.332 e. The number of hydrogen-bond acceptors (Lipinski definition) is 17. The second-order valence-electron chi connectivity index (χ2n) is 25.4. The lowest BCUT2D eigenvalue weighted by Crippen LogP contribution is -2.38. The Morgan fingerprint density at radius 3 is 1.26 bits per heavy atom. The molecule has 91 heavy (non-hydrogen) atoms. The summed E-state index contributed by atoms with van der Waals surface area (Å²) in [6.45, 7) is 15.8. The first-order chi connectivity index (χ1) is 44.0. The number of hydrogen-bond donors (Lipinski definition) is 0. The van der Waals surface area contributed by atoms with E-state index in [2.05, 4.69) is 80.0 Å². The fraction of sp³-hybridized carbons (Fsp3) is 0.426. The third-order valence-corrected chi connectivity index (χ3v) is 18.8. The molecule has 6 bridgehead atoms. The molecule has 0 aliphatic carbocycles. The number of carbonyl (C=O) groups is 3. The van der Waals surface area contributed by atoms with E-state index in [9.17, 15) is 18.8 Å². The van der Waals surface area contributed by atoms with Gasteiger partial charge in [0.2, 0.25) is 0 Å². The first-order valence-corrected chi connectivity index (χ1v) is 31.7. The lowest BCUT2D eigenvalue weighted by Gasteiger charge is -2.25. The van der Waals surface area contributed by atoms with E-state index in [1.165, 1.54) is 40.2 Å². The number of carbonyl (C=O) groups excluding carboxylic acids is 3. The third-order valence-electron chi connectivity index (χ3n) is 18.8. The van der Waals surface area contributed by atoms with Crippen LogP contribution >= 0.6 is 0 Å². The Labute approximate surface area is 527 Å². The number of aryl methyl sites for hydroxylation is 8.